The molecule has 0 amide bonds. The van der Waals surface area contributed by atoms with Crippen LogP contribution in [-0.2, 0) is 13.0 Å². The van der Waals surface area contributed by atoms with Gasteiger partial charge in [0.05, 0.1) is 41.4 Å². The fraction of sp³-hybridized carbons (Fsp3) is 0.469. The molecule has 3 aromatic heterocycles. The molecule has 216 valence electrons. The van der Waals surface area contributed by atoms with Gasteiger partial charge in [0, 0.05) is 25.9 Å². The number of methoxy groups -OCH3 is 1. The summed E-state index contributed by atoms with van der Waals surface area (Å²) in [5.41, 5.74) is 4.06. The molecule has 0 saturated carbocycles. The minimum absolute atomic E-state index is 0.110. The molecule has 0 aliphatic heterocycles. The fourth-order valence-electron chi connectivity index (χ4n) is 4.37. The maximum atomic E-state index is 9.21. The summed E-state index contributed by atoms with van der Waals surface area (Å²) in [5.74, 6) is 8.11. The SMILES string of the molecule is CC#CCOc1ccc(CNCC(CC)C(C#N)CC)nc1NC.CCCc1c(C#N)cnc2ccc(OC)nc12. The van der Waals surface area contributed by atoms with Crippen molar-refractivity contribution in [2.75, 3.05) is 32.6 Å². The molecule has 0 radical (unpaired) electrons. The van der Waals surface area contributed by atoms with Crippen LogP contribution in [0.15, 0.2) is 30.5 Å². The largest absolute Gasteiger partial charge is 0.481 e. The van der Waals surface area contributed by atoms with Gasteiger partial charge < -0.3 is 20.1 Å². The quantitative estimate of drug-likeness (QED) is 0.257. The Hall–Kier alpha value is -4.39. The van der Waals surface area contributed by atoms with E-state index in [-0.39, 0.29) is 5.92 Å². The van der Waals surface area contributed by atoms with Crippen molar-refractivity contribution >= 4 is 16.9 Å². The molecule has 0 aliphatic rings. The lowest BCUT2D eigenvalue weighted by Crippen LogP contribution is -2.27. The van der Waals surface area contributed by atoms with Crippen molar-refractivity contribution < 1.29 is 9.47 Å². The number of hydrogen-bond acceptors (Lipinski definition) is 9. The van der Waals surface area contributed by atoms with Gasteiger partial charge in [0.15, 0.2) is 11.6 Å². The molecule has 0 aromatic carbocycles. The number of nitriles is 2. The number of nitrogens with one attached hydrogen (secondary N) is 2. The van der Waals surface area contributed by atoms with Crippen LogP contribution in [0, 0.1) is 46.3 Å². The minimum atomic E-state index is 0.110. The van der Waals surface area contributed by atoms with Crippen molar-refractivity contribution in [3.05, 3.63) is 47.3 Å². The number of fused-ring (bicyclic) bond motifs is 1. The van der Waals surface area contributed by atoms with E-state index in [0.717, 1.165) is 54.5 Å². The van der Waals surface area contributed by atoms with Gasteiger partial charge in [-0.05, 0) is 56.0 Å². The summed E-state index contributed by atoms with van der Waals surface area (Å²) in [6, 6.07) is 12.1. The third-order valence-corrected chi connectivity index (χ3v) is 6.66. The molecule has 0 fully saturated rings. The first-order chi connectivity index (χ1) is 20.0. The summed E-state index contributed by atoms with van der Waals surface area (Å²) in [7, 11) is 3.40. The van der Waals surface area contributed by atoms with Gasteiger partial charge in [-0.15, -0.1) is 5.92 Å². The number of aryl methyl sites for hydroxylation is 1. The lowest BCUT2D eigenvalue weighted by Gasteiger charge is -2.19. The molecule has 3 heterocycles. The van der Waals surface area contributed by atoms with Crippen LogP contribution in [0.4, 0.5) is 5.82 Å². The van der Waals surface area contributed by atoms with Crippen LogP contribution in [-0.4, -0.2) is 42.3 Å². The summed E-state index contributed by atoms with van der Waals surface area (Å²) in [4.78, 5) is 13.2. The van der Waals surface area contributed by atoms with E-state index < -0.39 is 0 Å². The molecular formula is C32H41N7O2. The summed E-state index contributed by atoms with van der Waals surface area (Å²) in [6.45, 7) is 9.91. The van der Waals surface area contributed by atoms with Crippen molar-refractivity contribution in [3.8, 4) is 35.6 Å². The standard InChI is InChI=1S/C19H28N4O.C13H13N3O/c1-5-8-11-24-18-10-9-17(23-19(18)21-4)14-22-13-16(7-3)15(6-2)12-20;1-3-4-10-9(7-14)8-15-11-5-6-12(17-2)16-13(10)11/h9-10,15-16,22H,6-7,11,13-14H2,1-4H3,(H,21,23);5-6,8H,3-4H2,1-2H3. The Morgan fingerprint density at radius 1 is 1.05 bits per heavy atom. The van der Waals surface area contributed by atoms with Gasteiger partial charge in [0.1, 0.15) is 12.7 Å². The highest BCUT2D eigenvalue weighted by Gasteiger charge is 2.17. The molecule has 0 saturated heterocycles. The highest BCUT2D eigenvalue weighted by molar-refractivity contribution is 5.80. The van der Waals surface area contributed by atoms with E-state index in [1.807, 2.05) is 25.2 Å². The number of hydrogen-bond donors (Lipinski definition) is 2. The molecule has 0 spiro atoms. The van der Waals surface area contributed by atoms with E-state index in [2.05, 4.69) is 70.3 Å². The zero-order valence-electron chi connectivity index (χ0n) is 25.0. The van der Waals surface area contributed by atoms with Gasteiger partial charge in [-0.3, -0.25) is 4.98 Å². The smallest absolute Gasteiger partial charge is 0.213 e. The van der Waals surface area contributed by atoms with E-state index in [1.54, 1.807) is 26.3 Å². The Balaban J connectivity index is 0.000000303. The molecule has 2 N–H and O–H groups in total. The van der Waals surface area contributed by atoms with Gasteiger partial charge in [0.25, 0.3) is 0 Å². The average Bonchev–Trinajstić information content (AvgIpc) is 3.01. The number of aromatic nitrogens is 3. The Kier molecular flexibility index (Phi) is 14.5. The van der Waals surface area contributed by atoms with Crippen molar-refractivity contribution in [1.82, 2.24) is 20.3 Å². The predicted octanol–water partition coefficient (Wildman–Crippen LogP) is 5.65. The number of pyridine rings is 3. The fourth-order valence-corrected chi connectivity index (χ4v) is 4.37. The Morgan fingerprint density at radius 2 is 1.85 bits per heavy atom. The monoisotopic (exact) mass is 555 g/mol. The maximum absolute atomic E-state index is 9.21. The molecule has 9 heteroatoms. The second-order valence-corrected chi connectivity index (χ2v) is 9.29. The van der Waals surface area contributed by atoms with Gasteiger partial charge in [-0.1, -0.05) is 39.5 Å². The van der Waals surface area contributed by atoms with Gasteiger partial charge in [0.2, 0.25) is 5.88 Å². The van der Waals surface area contributed by atoms with E-state index in [9.17, 15) is 5.26 Å². The van der Waals surface area contributed by atoms with Crippen LogP contribution in [0.5, 0.6) is 11.6 Å². The van der Waals surface area contributed by atoms with Gasteiger partial charge >= 0.3 is 0 Å². The molecule has 3 aromatic rings. The number of anilines is 1. The second-order valence-electron chi connectivity index (χ2n) is 9.29. The lowest BCUT2D eigenvalue weighted by atomic mass is 9.89. The normalized spacial score (nSPS) is 11.5. The van der Waals surface area contributed by atoms with Crippen LogP contribution in [0.2, 0.25) is 0 Å². The number of rotatable bonds is 13. The predicted molar refractivity (Wildman–Crippen MR) is 162 cm³/mol. The topological polar surface area (TPSA) is 129 Å². The third kappa shape index (κ3) is 9.64. The first-order valence-corrected chi connectivity index (χ1v) is 14.0. The second kappa shape index (κ2) is 18.1. The van der Waals surface area contributed by atoms with Crippen molar-refractivity contribution in [2.45, 2.75) is 59.9 Å². The molecule has 3 rings (SSSR count). The number of ether oxygens (including phenoxy) is 2. The van der Waals surface area contributed by atoms with Gasteiger partial charge in [-0.25, -0.2) is 9.97 Å². The molecule has 2 unspecified atom stereocenters. The molecule has 9 nitrogen and oxygen atoms in total. The van der Waals surface area contributed by atoms with Gasteiger partial charge in [-0.2, -0.15) is 10.5 Å². The highest BCUT2D eigenvalue weighted by atomic mass is 16.5. The van der Waals surface area contributed by atoms with Crippen molar-refractivity contribution in [2.24, 2.45) is 11.8 Å². The molecule has 2 atom stereocenters. The summed E-state index contributed by atoms with van der Waals surface area (Å²) < 4.78 is 10.7. The van der Waals surface area contributed by atoms with Crippen molar-refractivity contribution in [1.29, 1.82) is 10.5 Å². The minimum Gasteiger partial charge on any atom is -0.481 e. The summed E-state index contributed by atoms with van der Waals surface area (Å²) in [5, 5.41) is 24.8. The Labute approximate surface area is 244 Å². The first-order valence-electron chi connectivity index (χ1n) is 14.0. The summed E-state index contributed by atoms with van der Waals surface area (Å²) in [6.07, 6.45) is 5.29. The summed E-state index contributed by atoms with van der Waals surface area (Å²) >= 11 is 0. The van der Waals surface area contributed by atoms with Crippen LogP contribution in [0.25, 0.3) is 11.0 Å². The zero-order chi connectivity index (χ0) is 30.0. The highest BCUT2D eigenvalue weighted by Crippen LogP contribution is 2.23. The van der Waals surface area contributed by atoms with E-state index in [0.29, 0.717) is 42.1 Å². The van der Waals surface area contributed by atoms with E-state index >= 15 is 0 Å². The van der Waals surface area contributed by atoms with E-state index in [4.69, 9.17) is 14.7 Å². The molecule has 41 heavy (non-hydrogen) atoms. The molecular weight excluding hydrogens is 514 g/mol. The molecule has 0 bridgehead atoms. The molecule has 0 aliphatic carbocycles. The average molecular weight is 556 g/mol. The van der Waals surface area contributed by atoms with Crippen LogP contribution in [0.3, 0.4) is 0 Å². The van der Waals surface area contributed by atoms with E-state index in [1.165, 1.54) is 0 Å². The van der Waals surface area contributed by atoms with Crippen LogP contribution in [0.1, 0.15) is 63.8 Å². The van der Waals surface area contributed by atoms with Crippen molar-refractivity contribution in [3.63, 3.8) is 0 Å². The Morgan fingerprint density at radius 3 is 2.46 bits per heavy atom. The lowest BCUT2D eigenvalue weighted by molar-refractivity contribution is 0.358. The van der Waals surface area contributed by atoms with Crippen LogP contribution < -0.4 is 20.1 Å². The maximum Gasteiger partial charge on any atom is 0.213 e. The number of nitrogens with zero attached hydrogens (tertiary/aromatic N) is 5. The van der Waals surface area contributed by atoms with Crippen LogP contribution >= 0.6 is 0 Å². The Bertz CT molecular complexity index is 1400. The third-order valence-electron chi connectivity index (χ3n) is 6.66. The zero-order valence-corrected chi connectivity index (χ0v) is 25.0. The first kappa shape index (κ1) is 32.8.